The second-order valence-electron chi connectivity index (χ2n) is 4.57. The van der Waals surface area contributed by atoms with Crippen molar-refractivity contribution in [1.29, 1.82) is 0 Å². The second kappa shape index (κ2) is 7.00. The number of nitrogens with one attached hydrogen (secondary N) is 1. The van der Waals surface area contributed by atoms with E-state index in [1.807, 2.05) is 0 Å². The number of hydrogen-bond acceptors (Lipinski definition) is 3. The number of aliphatic carboxylic acids is 1. The molecule has 0 bridgehead atoms. The second-order valence-corrected chi connectivity index (χ2v) is 4.57. The van der Waals surface area contributed by atoms with E-state index in [9.17, 15) is 9.59 Å². The molecule has 1 rings (SSSR count). The number of hydrogen-bond donors (Lipinski definition) is 3. The predicted molar refractivity (Wildman–Crippen MR) is 68.2 cm³/mol. The van der Waals surface area contributed by atoms with Crippen LogP contribution in [0.25, 0.3) is 0 Å². The van der Waals surface area contributed by atoms with E-state index in [4.69, 9.17) is 10.8 Å². The minimum Gasteiger partial charge on any atom is -0.480 e. The normalized spacial score (nSPS) is 23.2. The summed E-state index contributed by atoms with van der Waals surface area (Å²) in [5.74, 6) is -1.04. The lowest BCUT2D eigenvalue weighted by Gasteiger charge is -2.31. The molecule has 1 aliphatic carbocycles. The summed E-state index contributed by atoms with van der Waals surface area (Å²) in [7, 11) is 0. The quantitative estimate of drug-likeness (QED) is 0.625. The fourth-order valence-electron chi connectivity index (χ4n) is 2.13. The number of rotatable bonds is 5. The van der Waals surface area contributed by atoms with Crippen LogP contribution in [0.3, 0.4) is 0 Å². The standard InChI is InChI=1S/C12H21N3O3/c1-2-7-15(8-11(16)17)12(18)14-10-6-4-3-5-9(10)13/h2,9-10H,1,3-8,13H2,(H,14,18)(H,16,17). The molecule has 4 N–H and O–H groups in total. The third kappa shape index (κ3) is 4.37. The largest absolute Gasteiger partial charge is 0.480 e. The van der Waals surface area contributed by atoms with Crippen LogP contribution in [-0.2, 0) is 4.79 Å². The Balaban J connectivity index is 2.53. The fraction of sp³-hybridized carbons (Fsp3) is 0.667. The number of nitrogens with two attached hydrogens (primary N) is 1. The van der Waals surface area contributed by atoms with Gasteiger partial charge in [0.25, 0.3) is 0 Å². The molecule has 0 aliphatic heterocycles. The van der Waals surface area contributed by atoms with Gasteiger partial charge in [-0.15, -0.1) is 6.58 Å². The highest BCUT2D eigenvalue weighted by Gasteiger charge is 2.25. The lowest BCUT2D eigenvalue weighted by atomic mass is 9.91. The molecule has 2 unspecified atom stereocenters. The van der Waals surface area contributed by atoms with Gasteiger partial charge in [0.05, 0.1) is 0 Å². The van der Waals surface area contributed by atoms with Gasteiger partial charge in [0.2, 0.25) is 0 Å². The monoisotopic (exact) mass is 255 g/mol. The summed E-state index contributed by atoms with van der Waals surface area (Å²) in [6.07, 6.45) is 5.37. The Morgan fingerprint density at radius 2 is 2.11 bits per heavy atom. The number of nitrogens with zero attached hydrogens (tertiary/aromatic N) is 1. The summed E-state index contributed by atoms with van der Waals surface area (Å²) in [6, 6.07) is -0.495. The molecule has 102 valence electrons. The van der Waals surface area contributed by atoms with Gasteiger partial charge < -0.3 is 21.1 Å². The Hall–Kier alpha value is -1.56. The Morgan fingerprint density at radius 1 is 1.44 bits per heavy atom. The van der Waals surface area contributed by atoms with E-state index < -0.39 is 5.97 Å². The maximum absolute atomic E-state index is 11.9. The third-order valence-electron chi connectivity index (χ3n) is 3.09. The van der Waals surface area contributed by atoms with E-state index in [2.05, 4.69) is 11.9 Å². The molecule has 0 heterocycles. The highest BCUT2D eigenvalue weighted by molar-refractivity contribution is 5.80. The number of amides is 2. The zero-order chi connectivity index (χ0) is 13.5. The van der Waals surface area contributed by atoms with Gasteiger partial charge in [0.1, 0.15) is 6.54 Å². The van der Waals surface area contributed by atoms with Crippen molar-refractivity contribution in [2.45, 2.75) is 37.8 Å². The van der Waals surface area contributed by atoms with E-state index in [0.29, 0.717) is 0 Å². The van der Waals surface area contributed by atoms with Gasteiger partial charge in [-0.25, -0.2) is 4.79 Å². The van der Waals surface area contributed by atoms with Crippen LogP contribution in [0.1, 0.15) is 25.7 Å². The maximum Gasteiger partial charge on any atom is 0.323 e. The lowest BCUT2D eigenvalue weighted by molar-refractivity contribution is -0.137. The first-order chi connectivity index (χ1) is 8.54. The lowest BCUT2D eigenvalue weighted by Crippen LogP contribution is -2.53. The van der Waals surface area contributed by atoms with Crippen LogP contribution in [0, 0.1) is 0 Å². The molecule has 2 atom stereocenters. The summed E-state index contributed by atoms with van der Waals surface area (Å²) in [6.45, 7) is 3.39. The van der Waals surface area contributed by atoms with Crippen molar-refractivity contribution >= 4 is 12.0 Å². The molecular weight excluding hydrogens is 234 g/mol. The highest BCUT2D eigenvalue weighted by Crippen LogP contribution is 2.17. The topological polar surface area (TPSA) is 95.7 Å². The molecule has 2 amide bonds. The zero-order valence-corrected chi connectivity index (χ0v) is 10.5. The minimum absolute atomic E-state index is 0.0434. The summed E-state index contributed by atoms with van der Waals surface area (Å²) in [5.41, 5.74) is 5.93. The summed E-state index contributed by atoms with van der Waals surface area (Å²) in [5, 5.41) is 11.5. The first kappa shape index (κ1) is 14.5. The first-order valence-corrected chi connectivity index (χ1v) is 6.18. The van der Waals surface area contributed by atoms with E-state index in [1.54, 1.807) is 0 Å². The van der Waals surface area contributed by atoms with E-state index in [1.165, 1.54) is 11.0 Å². The van der Waals surface area contributed by atoms with Crippen molar-refractivity contribution in [2.75, 3.05) is 13.1 Å². The van der Waals surface area contributed by atoms with E-state index >= 15 is 0 Å². The molecule has 0 aromatic heterocycles. The molecule has 0 saturated heterocycles. The number of urea groups is 1. The minimum atomic E-state index is -1.04. The Bertz CT molecular complexity index is 320. The van der Waals surface area contributed by atoms with Gasteiger partial charge in [-0.3, -0.25) is 4.79 Å². The van der Waals surface area contributed by atoms with E-state index in [-0.39, 0.29) is 31.2 Å². The Kier molecular flexibility index (Phi) is 5.64. The molecule has 0 radical (unpaired) electrons. The third-order valence-corrected chi connectivity index (χ3v) is 3.09. The van der Waals surface area contributed by atoms with Crippen LogP contribution < -0.4 is 11.1 Å². The Morgan fingerprint density at radius 3 is 2.67 bits per heavy atom. The van der Waals surface area contributed by atoms with Gasteiger partial charge in [0, 0.05) is 18.6 Å². The average Bonchev–Trinajstić information content (AvgIpc) is 2.31. The first-order valence-electron chi connectivity index (χ1n) is 6.18. The molecule has 0 aromatic rings. The highest BCUT2D eigenvalue weighted by atomic mass is 16.4. The molecule has 0 spiro atoms. The molecule has 1 fully saturated rings. The van der Waals surface area contributed by atoms with Crippen molar-refractivity contribution in [3.05, 3.63) is 12.7 Å². The maximum atomic E-state index is 11.9. The molecule has 1 aliphatic rings. The summed E-state index contributed by atoms with van der Waals surface area (Å²) < 4.78 is 0. The van der Waals surface area contributed by atoms with E-state index in [0.717, 1.165) is 25.7 Å². The van der Waals surface area contributed by atoms with Crippen LogP contribution in [0.2, 0.25) is 0 Å². The molecule has 6 heteroatoms. The van der Waals surface area contributed by atoms with Crippen LogP contribution in [0.5, 0.6) is 0 Å². The molecule has 18 heavy (non-hydrogen) atoms. The molecule has 1 saturated carbocycles. The van der Waals surface area contributed by atoms with Gasteiger partial charge in [-0.2, -0.15) is 0 Å². The summed E-state index contributed by atoms with van der Waals surface area (Å²) in [4.78, 5) is 23.8. The van der Waals surface area contributed by atoms with Gasteiger partial charge >= 0.3 is 12.0 Å². The number of carboxylic acid groups (broad SMARTS) is 1. The van der Waals surface area contributed by atoms with Crippen molar-refractivity contribution in [1.82, 2.24) is 10.2 Å². The van der Waals surface area contributed by atoms with Crippen molar-refractivity contribution in [3.63, 3.8) is 0 Å². The molecular formula is C12H21N3O3. The van der Waals surface area contributed by atoms with Crippen molar-refractivity contribution in [2.24, 2.45) is 5.73 Å². The van der Waals surface area contributed by atoms with Crippen LogP contribution in [-0.4, -0.2) is 47.2 Å². The fourth-order valence-corrected chi connectivity index (χ4v) is 2.13. The van der Waals surface area contributed by atoms with Gasteiger partial charge in [0.15, 0.2) is 0 Å². The van der Waals surface area contributed by atoms with Crippen molar-refractivity contribution in [3.8, 4) is 0 Å². The number of carbonyl (C=O) groups is 2. The number of carbonyl (C=O) groups excluding carboxylic acids is 1. The number of carboxylic acids is 1. The predicted octanol–water partition coefficient (Wildman–Crippen LogP) is 0.539. The molecule has 0 aromatic carbocycles. The SMILES string of the molecule is C=CCN(CC(=O)O)C(=O)NC1CCCCC1N. The average molecular weight is 255 g/mol. The molecule has 6 nitrogen and oxygen atoms in total. The van der Waals surface area contributed by atoms with Crippen LogP contribution in [0.15, 0.2) is 12.7 Å². The zero-order valence-electron chi connectivity index (χ0n) is 10.5. The summed E-state index contributed by atoms with van der Waals surface area (Å²) >= 11 is 0. The smallest absolute Gasteiger partial charge is 0.323 e. The van der Waals surface area contributed by atoms with Crippen LogP contribution in [0.4, 0.5) is 4.79 Å². The Labute approximate surface area is 107 Å². The van der Waals surface area contributed by atoms with Gasteiger partial charge in [-0.05, 0) is 12.8 Å². The van der Waals surface area contributed by atoms with Crippen molar-refractivity contribution < 1.29 is 14.7 Å². The van der Waals surface area contributed by atoms with Crippen LogP contribution >= 0.6 is 0 Å². The van der Waals surface area contributed by atoms with Gasteiger partial charge in [-0.1, -0.05) is 18.9 Å².